The number of hydrogen-bond donors (Lipinski definition) is 0. The smallest absolute Gasteiger partial charge is 0.0318 e. The lowest BCUT2D eigenvalue weighted by atomic mass is 10.5. The van der Waals surface area contributed by atoms with Gasteiger partial charge in [-0.05, 0) is 4.83 Å². The third-order valence-electron chi connectivity index (χ3n) is 0.199. The van der Waals surface area contributed by atoms with Crippen molar-refractivity contribution in [3.05, 3.63) is 6.42 Å². The van der Waals surface area contributed by atoms with Crippen LogP contribution in [0.5, 0.6) is 0 Å². The lowest BCUT2D eigenvalue weighted by Gasteiger charge is -1.55. The molecule has 0 bridgehead atoms. The molecule has 0 rings (SSSR count). The third kappa shape index (κ3) is 4.04. The Kier molecular flexibility index (Phi) is 4.07. The molecule has 0 atom stereocenters. The molecule has 0 N–H and O–H groups in total. The van der Waals surface area contributed by atoms with E-state index in [1.807, 2.05) is 6.92 Å². The minimum Gasteiger partial charge on any atom is -0.0864 e. The maximum atomic E-state index is 2.92. The van der Waals surface area contributed by atoms with Crippen LogP contribution in [0.2, 0.25) is 0 Å². The van der Waals surface area contributed by atoms with Crippen LogP contribution in [0.15, 0.2) is 0 Å². The van der Waals surface area contributed by atoms with Gasteiger partial charge in [-0.2, -0.15) is 0 Å². The summed E-state index contributed by atoms with van der Waals surface area (Å²) in [6, 6.07) is 0. The molecule has 0 saturated heterocycles. The number of hydrogen-bond acceptors (Lipinski definition) is 0. The fourth-order valence-corrected chi connectivity index (χ4v) is 0.283. The lowest BCUT2D eigenvalue weighted by molar-refractivity contribution is 1.63. The molecule has 0 aliphatic heterocycles. The van der Waals surface area contributed by atoms with Crippen molar-refractivity contribution in [3.63, 3.8) is 0 Å². The van der Waals surface area contributed by atoms with Crippen molar-refractivity contribution in [2.24, 2.45) is 0 Å². The summed E-state index contributed by atoms with van der Waals surface area (Å²) >= 11 is 2.92. The van der Waals surface area contributed by atoms with E-state index in [1.165, 1.54) is 0 Å². The van der Waals surface area contributed by atoms with E-state index in [9.17, 15) is 0 Å². The van der Waals surface area contributed by atoms with E-state index in [4.69, 9.17) is 0 Å². The molecule has 1 heteroatoms. The van der Waals surface area contributed by atoms with Crippen molar-refractivity contribution in [1.29, 1.82) is 0 Å². The molecule has 0 spiro atoms. The number of halogens is 1. The largest absolute Gasteiger partial charge is 0.0864 e. The molecule has 27 valence electrons. The van der Waals surface area contributed by atoms with Crippen LogP contribution in [-0.4, -0.2) is 0 Å². The zero-order valence-corrected chi connectivity index (χ0v) is 4.54. The van der Waals surface area contributed by atoms with Crippen LogP contribution in [0.1, 0.15) is 6.92 Å². The maximum Gasteiger partial charge on any atom is 0.0318 e. The van der Waals surface area contributed by atoms with Gasteiger partial charge in [-0.25, -0.2) is 0 Å². The average Bonchev–Trinajstić information content (AvgIpc) is 1.41. The highest BCUT2D eigenvalue weighted by molar-refractivity contribution is 9.12. The molecule has 1 radical (unpaired) electrons. The van der Waals surface area contributed by atoms with Crippen molar-refractivity contribution in [2.45, 2.75) is 6.92 Å². The first-order valence-electron chi connectivity index (χ1n) is 1.31. The summed E-state index contributed by atoms with van der Waals surface area (Å²) in [5.74, 6) is 2.65. The van der Waals surface area contributed by atoms with Gasteiger partial charge in [0.05, 0.1) is 0 Å². The fourth-order valence-electron chi connectivity index (χ4n) is 0.0546. The van der Waals surface area contributed by atoms with Gasteiger partial charge in [0.1, 0.15) is 0 Å². The van der Waals surface area contributed by atoms with Crippen molar-refractivity contribution in [3.8, 4) is 10.8 Å². The van der Waals surface area contributed by atoms with Gasteiger partial charge in [-0.15, -0.1) is 0 Å². The van der Waals surface area contributed by atoms with Gasteiger partial charge < -0.3 is 0 Å². The molecular formula is C4H4Br. The van der Waals surface area contributed by atoms with Crippen molar-refractivity contribution in [2.75, 3.05) is 0 Å². The Labute approximate surface area is 40.7 Å². The summed E-state index contributed by atoms with van der Waals surface area (Å²) in [6.07, 6.45) is 1.77. The molecule has 0 aromatic rings. The molecular weight excluding hydrogens is 128 g/mol. The van der Waals surface area contributed by atoms with Gasteiger partial charge in [-0.1, -0.05) is 12.8 Å². The van der Waals surface area contributed by atoms with Crippen LogP contribution in [0.25, 0.3) is 0 Å². The molecule has 0 aromatic heterocycles. The van der Waals surface area contributed by atoms with Crippen LogP contribution < -0.4 is 0 Å². The van der Waals surface area contributed by atoms with Crippen LogP contribution in [0.4, 0.5) is 0 Å². The van der Waals surface area contributed by atoms with Gasteiger partial charge in [0.2, 0.25) is 0 Å². The predicted octanol–water partition coefficient (Wildman–Crippen LogP) is 1.57. The summed E-state index contributed by atoms with van der Waals surface area (Å²) in [5.41, 5.74) is 0. The Morgan fingerprint density at radius 2 is 2.40 bits per heavy atom. The average molecular weight is 132 g/mol. The minimum absolute atomic E-state index is 1.77. The minimum atomic E-state index is 1.77. The van der Waals surface area contributed by atoms with E-state index < -0.39 is 0 Å². The third-order valence-corrected chi connectivity index (χ3v) is 0.428. The zero-order valence-electron chi connectivity index (χ0n) is 2.96. The second kappa shape index (κ2) is 4.04. The van der Waals surface area contributed by atoms with Gasteiger partial charge in [-0.3, -0.25) is 0 Å². The molecule has 0 unspecified atom stereocenters. The Bertz CT molecular complexity index is 55.8. The second-order valence-electron chi connectivity index (χ2n) is 0.528. The van der Waals surface area contributed by atoms with Crippen LogP contribution in [0, 0.1) is 17.2 Å². The van der Waals surface area contributed by atoms with Gasteiger partial charge in [0.15, 0.2) is 0 Å². The highest BCUT2D eigenvalue weighted by Gasteiger charge is 1.51. The van der Waals surface area contributed by atoms with E-state index >= 15 is 0 Å². The summed E-state index contributed by atoms with van der Waals surface area (Å²) in [7, 11) is 0. The van der Waals surface area contributed by atoms with Gasteiger partial charge in [0, 0.05) is 22.4 Å². The van der Waals surface area contributed by atoms with E-state index in [-0.39, 0.29) is 0 Å². The van der Waals surface area contributed by atoms with Crippen molar-refractivity contribution >= 4 is 15.9 Å². The second-order valence-corrected chi connectivity index (χ2v) is 0.924. The molecule has 5 heavy (non-hydrogen) atoms. The lowest BCUT2D eigenvalue weighted by Crippen LogP contribution is -1.44. The molecule has 0 amide bonds. The molecule has 0 fully saturated rings. The molecule has 0 aromatic carbocycles. The highest BCUT2D eigenvalue weighted by atomic mass is 79.9. The first-order valence-corrected chi connectivity index (χ1v) is 2.10. The Hall–Kier alpha value is 0.0400. The summed E-state index contributed by atoms with van der Waals surface area (Å²) < 4.78 is 0. The van der Waals surface area contributed by atoms with Crippen molar-refractivity contribution < 1.29 is 0 Å². The van der Waals surface area contributed by atoms with Gasteiger partial charge >= 0.3 is 0 Å². The predicted molar refractivity (Wildman–Crippen MR) is 26.7 cm³/mol. The molecule has 0 heterocycles. The molecule has 0 aliphatic rings. The Balaban J connectivity index is 2.81. The highest BCUT2D eigenvalue weighted by Crippen LogP contribution is 1.69. The summed E-state index contributed by atoms with van der Waals surface area (Å²) in [4.78, 5) is 2.52. The SMILES string of the molecule is C[CH]C#CBr. The van der Waals surface area contributed by atoms with Crippen molar-refractivity contribution in [1.82, 2.24) is 0 Å². The number of rotatable bonds is 0. The van der Waals surface area contributed by atoms with E-state index in [0.29, 0.717) is 0 Å². The molecule has 0 aliphatic carbocycles. The maximum absolute atomic E-state index is 2.92. The summed E-state index contributed by atoms with van der Waals surface area (Å²) in [5, 5.41) is 0. The van der Waals surface area contributed by atoms with E-state index in [0.717, 1.165) is 0 Å². The fraction of sp³-hybridized carbons (Fsp3) is 0.250. The first kappa shape index (κ1) is 5.04. The normalized spacial score (nSPS) is 5.20. The quantitative estimate of drug-likeness (QED) is 0.439. The Morgan fingerprint density at radius 1 is 1.80 bits per heavy atom. The van der Waals surface area contributed by atoms with Gasteiger partial charge in [0.25, 0.3) is 0 Å². The molecule has 0 saturated carbocycles. The topological polar surface area (TPSA) is 0 Å². The zero-order chi connectivity index (χ0) is 4.12. The van der Waals surface area contributed by atoms with E-state index in [2.05, 4.69) is 26.7 Å². The standard InChI is InChI=1S/C4H4Br/c1-2-3-4-5/h2H,1H3. The summed E-state index contributed by atoms with van der Waals surface area (Å²) in [6.45, 7) is 1.88. The Morgan fingerprint density at radius 3 is 2.40 bits per heavy atom. The monoisotopic (exact) mass is 131 g/mol. The van der Waals surface area contributed by atoms with Crippen LogP contribution in [0.3, 0.4) is 0 Å². The van der Waals surface area contributed by atoms with E-state index in [1.54, 1.807) is 6.42 Å². The first-order chi connectivity index (χ1) is 2.41. The molecule has 0 nitrogen and oxygen atoms in total. The van der Waals surface area contributed by atoms with Crippen LogP contribution >= 0.6 is 15.9 Å². The van der Waals surface area contributed by atoms with Crippen LogP contribution in [-0.2, 0) is 0 Å².